The first-order valence-electron chi connectivity index (χ1n) is 7.54. The quantitative estimate of drug-likeness (QED) is 0.648. The number of benzene rings is 1. The molecule has 22 heavy (non-hydrogen) atoms. The summed E-state index contributed by atoms with van der Waals surface area (Å²) in [5.74, 6) is -0.365. The summed E-state index contributed by atoms with van der Waals surface area (Å²) >= 11 is 0. The molecule has 0 saturated carbocycles. The van der Waals surface area contributed by atoms with Crippen molar-refractivity contribution in [3.8, 4) is 6.07 Å². The van der Waals surface area contributed by atoms with Gasteiger partial charge < -0.3 is 10.6 Å². The minimum atomic E-state index is -0.366. The number of aryl methyl sites for hydroxylation is 1. The summed E-state index contributed by atoms with van der Waals surface area (Å²) in [5.41, 5.74) is 2.11. The first-order chi connectivity index (χ1) is 10.3. The summed E-state index contributed by atoms with van der Waals surface area (Å²) in [5, 5.41) is 15.0. The predicted octanol–water partition coefficient (Wildman–Crippen LogP) is 3.22. The zero-order valence-corrected chi connectivity index (χ0v) is 14.0. The lowest BCUT2D eigenvalue weighted by molar-refractivity contribution is -0.118. The molecule has 0 aliphatic heterocycles. The molecular weight excluding hydrogens is 274 g/mol. The summed E-state index contributed by atoms with van der Waals surface area (Å²) in [7, 11) is 0. The van der Waals surface area contributed by atoms with Gasteiger partial charge in [0.2, 0.25) is 0 Å². The van der Waals surface area contributed by atoms with E-state index in [0.717, 1.165) is 12.0 Å². The number of amides is 1. The molecule has 1 atom stereocenters. The Hall–Kier alpha value is -2.28. The SMILES string of the molecule is CCc1ccc(C(C)N/C=C(/C#N)C(=O)NC(C)(C)C)cc1. The number of rotatable bonds is 5. The molecule has 0 bridgehead atoms. The van der Waals surface area contributed by atoms with E-state index in [0.29, 0.717) is 0 Å². The largest absolute Gasteiger partial charge is 0.383 e. The van der Waals surface area contributed by atoms with Crippen LogP contribution in [0.25, 0.3) is 0 Å². The fourth-order valence-electron chi connectivity index (χ4n) is 1.90. The Labute approximate surface area is 133 Å². The minimum Gasteiger partial charge on any atom is -0.383 e. The van der Waals surface area contributed by atoms with Gasteiger partial charge >= 0.3 is 0 Å². The van der Waals surface area contributed by atoms with Crippen LogP contribution in [0.3, 0.4) is 0 Å². The van der Waals surface area contributed by atoms with Crippen LogP contribution in [0.4, 0.5) is 0 Å². The van der Waals surface area contributed by atoms with Gasteiger partial charge in [0.25, 0.3) is 5.91 Å². The molecule has 4 heteroatoms. The molecule has 0 aliphatic carbocycles. The number of nitriles is 1. The second-order valence-electron chi connectivity index (χ2n) is 6.36. The Morgan fingerprint density at radius 3 is 2.36 bits per heavy atom. The molecule has 1 rings (SSSR count). The van der Waals surface area contributed by atoms with Gasteiger partial charge in [-0.1, -0.05) is 31.2 Å². The summed E-state index contributed by atoms with van der Waals surface area (Å²) < 4.78 is 0. The highest BCUT2D eigenvalue weighted by Crippen LogP contribution is 2.14. The molecule has 4 nitrogen and oxygen atoms in total. The van der Waals surface area contributed by atoms with Crippen LogP contribution in [0.1, 0.15) is 51.8 Å². The first kappa shape index (κ1) is 17.8. The Balaban J connectivity index is 2.74. The molecule has 0 spiro atoms. The van der Waals surface area contributed by atoms with E-state index in [1.54, 1.807) is 0 Å². The van der Waals surface area contributed by atoms with Crippen molar-refractivity contribution >= 4 is 5.91 Å². The summed E-state index contributed by atoms with van der Waals surface area (Å²) in [6.07, 6.45) is 2.49. The molecule has 0 saturated heterocycles. The molecule has 118 valence electrons. The third-order valence-electron chi connectivity index (χ3n) is 3.22. The van der Waals surface area contributed by atoms with Crippen LogP contribution < -0.4 is 10.6 Å². The highest BCUT2D eigenvalue weighted by atomic mass is 16.1. The van der Waals surface area contributed by atoms with Crippen molar-refractivity contribution in [2.45, 2.75) is 52.6 Å². The highest BCUT2D eigenvalue weighted by Gasteiger charge is 2.17. The molecule has 0 aromatic heterocycles. The van der Waals surface area contributed by atoms with Gasteiger partial charge in [-0.25, -0.2) is 0 Å². The number of carbonyl (C=O) groups excluding carboxylic acids is 1. The van der Waals surface area contributed by atoms with Crippen molar-refractivity contribution < 1.29 is 4.79 Å². The van der Waals surface area contributed by atoms with E-state index in [1.165, 1.54) is 11.8 Å². The Kier molecular flexibility index (Phi) is 6.18. The van der Waals surface area contributed by atoms with Crippen LogP contribution in [0.5, 0.6) is 0 Å². The zero-order valence-electron chi connectivity index (χ0n) is 14.0. The van der Waals surface area contributed by atoms with E-state index in [4.69, 9.17) is 5.26 Å². The highest BCUT2D eigenvalue weighted by molar-refractivity contribution is 5.97. The molecule has 2 N–H and O–H groups in total. The van der Waals surface area contributed by atoms with Crippen LogP contribution in [0.2, 0.25) is 0 Å². The van der Waals surface area contributed by atoms with Gasteiger partial charge in [-0.2, -0.15) is 5.26 Å². The van der Waals surface area contributed by atoms with Gasteiger partial charge in [0, 0.05) is 17.8 Å². The molecule has 1 amide bonds. The maximum Gasteiger partial charge on any atom is 0.263 e. The van der Waals surface area contributed by atoms with Crippen molar-refractivity contribution in [2.24, 2.45) is 0 Å². The van der Waals surface area contributed by atoms with E-state index in [1.807, 2.05) is 33.8 Å². The van der Waals surface area contributed by atoms with E-state index in [2.05, 4.69) is 41.8 Å². The van der Waals surface area contributed by atoms with Gasteiger partial charge in [0.15, 0.2) is 0 Å². The second-order valence-corrected chi connectivity index (χ2v) is 6.36. The third-order valence-corrected chi connectivity index (χ3v) is 3.22. The maximum atomic E-state index is 12.0. The second kappa shape index (κ2) is 7.65. The van der Waals surface area contributed by atoms with Gasteiger partial charge in [0.1, 0.15) is 11.6 Å². The number of carbonyl (C=O) groups is 1. The Bertz CT molecular complexity index is 574. The van der Waals surface area contributed by atoms with Crippen molar-refractivity contribution in [1.82, 2.24) is 10.6 Å². The topological polar surface area (TPSA) is 64.9 Å². The van der Waals surface area contributed by atoms with Crippen molar-refractivity contribution in [2.75, 3.05) is 0 Å². The summed E-state index contributed by atoms with van der Waals surface area (Å²) in [4.78, 5) is 12.0. The van der Waals surface area contributed by atoms with Crippen LogP contribution in [0.15, 0.2) is 36.0 Å². The maximum absolute atomic E-state index is 12.0. The number of nitrogens with zero attached hydrogens (tertiary/aromatic N) is 1. The first-order valence-corrected chi connectivity index (χ1v) is 7.54. The number of hydrogen-bond acceptors (Lipinski definition) is 3. The lowest BCUT2D eigenvalue weighted by atomic mass is 10.0. The van der Waals surface area contributed by atoms with E-state index < -0.39 is 0 Å². The third kappa shape index (κ3) is 5.61. The average Bonchev–Trinajstić information content (AvgIpc) is 2.46. The van der Waals surface area contributed by atoms with Crippen molar-refractivity contribution in [3.63, 3.8) is 0 Å². The number of nitrogens with one attached hydrogen (secondary N) is 2. The lowest BCUT2D eigenvalue weighted by Crippen LogP contribution is -2.41. The molecule has 1 unspecified atom stereocenters. The lowest BCUT2D eigenvalue weighted by Gasteiger charge is -2.20. The van der Waals surface area contributed by atoms with Crippen LogP contribution in [-0.4, -0.2) is 11.4 Å². The number of hydrogen-bond donors (Lipinski definition) is 2. The van der Waals surface area contributed by atoms with Crippen LogP contribution in [0, 0.1) is 11.3 Å². The van der Waals surface area contributed by atoms with E-state index in [-0.39, 0.29) is 23.1 Å². The molecule has 1 aromatic rings. The smallest absolute Gasteiger partial charge is 0.263 e. The van der Waals surface area contributed by atoms with Crippen LogP contribution >= 0.6 is 0 Å². The summed E-state index contributed by atoms with van der Waals surface area (Å²) in [6, 6.07) is 10.3. The van der Waals surface area contributed by atoms with Crippen LogP contribution in [-0.2, 0) is 11.2 Å². The standard InChI is InChI=1S/C18H25N3O/c1-6-14-7-9-15(10-8-14)13(2)20-12-16(11-19)17(22)21-18(3,4)5/h7-10,12-13,20H,6H2,1-5H3,(H,21,22)/b16-12-. The molecule has 1 aromatic carbocycles. The van der Waals surface area contributed by atoms with Crippen molar-refractivity contribution in [1.29, 1.82) is 5.26 Å². The molecule has 0 radical (unpaired) electrons. The summed E-state index contributed by atoms with van der Waals surface area (Å²) in [6.45, 7) is 9.75. The van der Waals surface area contributed by atoms with Gasteiger partial charge in [-0.3, -0.25) is 4.79 Å². The van der Waals surface area contributed by atoms with E-state index >= 15 is 0 Å². The molecule has 0 heterocycles. The van der Waals surface area contributed by atoms with Gasteiger partial charge in [-0.05, 0) is 45.2 Å². The normalized spacial score (nSPS) is 13.2. The fourth-order valence-corrected chi connectivity index (χ4v) is 1.90. The average molecular weight is 299 g/mol. The fraction of sp³-hybridized carbons (Fsp3) is 0.444. The van der Waals surface area contributed by atoms with Gasteiger partial charge in [-0.15, -0.1) is 0 Å². The van der Waals surface area contributed by atoms with Gasteiger partial charge in [0.05, 0.1) is 0 Å². The zero-order chi connectivity index (χ0) is 16.8. The Morgan fingerprint density at radius 1 is 1.32 bits per heavy atom. The monoisotopic (exact) mass is 299 g/mol. The molecule has 0 fully saturated rings. The molecular formula is C18H25N3O. The van der Waals surface area contributed by atoms with Crippen molar-refractivity contribution in [3.05, 3.63) is 47.2 Å². The minimum absolute atomic E-state index is 0.0247. The Morgan fingerprint density at radius 2 is 1.91 bits per heavy atom. The molecule has 0 aliphatic rings. The van der Waals surface area contributed by atoms with E-state index in [9.17, 15) is 4.79 Å². The predicted molar refractivity (Wildman–Crippen MR) is 89.0 cm³/mol.